The average molecular weight is 350 g/mol. The zero-order valence-corrected chi connectivity index (χ0v) is 14.7. The Balaban J connectivity index is 1.79. The first kappa shape index (κ1) is 16.0. The Labute approximate surface area is 150 Å². The number of carboxylic acid groups (broad SMARTS) is 1. The van der Waals surface area contributed by atoms with E-state index in [0.717, 1.165) is 39.3 Å². The van der Waals surface area contributed by atoms with E-state index in [9.17, 15) is 9.90 Å². The van der Waals surface area contributed by atoms with Crippen molar-refractivity contribution in [2.45, 2.75) is 30.0 Å². The number of hydrogen-bond acceptors (Lipinski definition) is 3. The van der Waals surface area contributed by atoms with Gasteiger partial charge in [-0.3, -0.25) is 9.78 Å². The molecule has 0 aliphatic heterocycles. The Hall–Kier alpha value is -2.53. The van der Waals surface area contributed by atoms with Crippen LogP contribution in [0.2, 0.25) is 0 Å². The number of aliphatic carboxylic acids is 1. The number of carbonyl (C=O) groups is 1. The highest BCUT2D eigenvalue weighted by Crippen LogP contribution is 2.44. The molecule has 3 aromatic heterocycles. The van der Waals surface area contributed by atoms with Crippen molar-refractivity contribution in [3.63, 3.8) is 0 Å². The Morgan fingerprint density at radius 3 is 3.08 bits per heavy atom. The highest BCUT2D eigenvalue weighted by Gasteiger charge is 2.24. The number of thioether (sulfide) groups is 1. The molecule has 0 fully saturated rings. The molecule has 4 nitrogen and oxygen atoms in total. The summed E-state index contributed by atoms with van der Waals surface area (Å²) in [5, 5.41) is 10.6. The fraction of sp³-hybridized carbons (Fsp3) is 0.200. The van der Waals surface area contributed by atoms with Crippen LogP contribution in [0.25, 0.3) is 11.6 Å². The minimum absolute atomic E-state index is 0.0410. The zero-order valence-electron chi connectivity index (χ0n) is 13.8. The molecule has 1 aliphatic carbocycles. The second-order valence-electron chi connectivity index (χ2n) is 6.16. The highest BCUT2D eigenvalue weighted by atomic mass is 32.2. The number of fused-ring (bicyclic) bond motifs is 2. The lowest BCUT2D eigenvalue weighted by molar-refractivity contribution is -0.136. The summed E-state index contributed by atoms with van der Waals surface area (Å²) in [5.41, 5.74) is 5.17. The van der Waals surface area contributed by atoms with E-state index in [1.54, 1.807) is 11.8 Å². The number of rotatable bonds is 4. The molecule has 0 bridgehead atoms. The minimum atomic E-state index is -0.802. The second-order valence-corrected chi connectivity index (χ2v) is 7.35. The van der Waals surface area contributed by atoms with Gasteiger partial charge in [-0.15, -0.1) is 0 Å². The van der Waals surface area contributed by atoms with Gasteiger partial charge in [0.1, 0.15) is 0 Å². The summed E-state index contributed by atoms with van der Waals surface area (Å²) >= 11 is 1.77. The van der Waals surface area contributed by atoms with E-state index in [-0.39, 0.29) is 11.7 Å². The maximum Gasteiger partial charge on any atom is 0.307 e. The summed E-state index contributed by atoms with van der Waals surface area (Å²) in [7, 11) is 0. The molecule has 0 aromatic carbocycles. The molecular weight excluding hydrogens is 332 g/mol. The standard InChI is InChI=1S/C20H18N2O2S/c1-13-15(12-18(23)24)16-8-2-3-11-22(16)20(13)25-17-9-4-6-14-7-5-10-21-19(14)17/h2-8,10-11,17H,9,12H2,1H3,(H,23,24). The van der Waals surface area contributed by atoms with Crippen LogP contribution >= 0.6 is 11.8 Å². The maximum atomic E-state index is 11.3. The van der Waals surface area contributed by atoms with Gasteiger partial charge >= 0.3 is 5.97 Å². The van der Waals surface area contributed by atoms with Gasteiger partial charge in [-0.25, -0.2) is 0 Å². The van der Waals surface area contributed by atoms with Crippen LogP contribution in [-0.2, 0) is 11.2 Å². The van der Waals surface area contributed by atoms with Gasteiger partial charge < -0.3 is 9.51 Å². The molecule has 0 saturated heterocycles. The van der Waals surface area contributed by atoms with Crippen LogP contribution in [-0.4, -0.2) is 20.5 Å². The molecule has 1 unspecified atom stereocenters. The van der Waals surface area contributed by atoms with Gasteiger partial charge in [-0.2, -0.15) is 0 Å². The average Bonchev–Trinajstić information content (AvgIpc) is 2.88. The fourth-order valence-electron chi connectivity index (χ4n) is 3.40. The Bertz CT molecular complexity index is 991. The Kier molecular flexibility index (Phi) is 4.09. The molecule has 25 heavy (non-hydrogen) atoms. The quantitative estimate of drug-likeness (QED) is 0.752. The van der Waals surface area contributed by atoms with E-state index < -0.39 is 5.97 Å². The maximum absolute atomic E-state index is 11.3. The van der Waals surface area contributed by atoms with Crippen molar-refractivity contribution in [3.05, 3.63) is 71.2 Å². The van der Waals surface area contributed by atoms with Crippen LogP contribution in [0.4, 0.5) is 0 Å². The van der Waals surface area contributed by atoms with Gasteiger partial charge in [0.2, 0.25) is 0 Å². The van der Waals surface area contributed by atoms with Gasteiger partial charge in [-0.05, 0) is 48.2 Å². The first-order valence-corrected chi connectivity index (χ1v) is 9.11. The molecule has 1 N–H and O–H groups in total. The van der Waals surface area contributed by atoms with Crippen molar-refractivity contribution in [1.29, 1.82) is 0 Å². The SMILES string of the molecule is Cc1c(CC(=O)O)c2ccccn2c1SC1CC=Cc2cccnc21. The summed E-state index contributed by atoms with van der Waals surface area (Å²) < 4.78 is 2.11. The van der Waals surface area contributed by atoms with E-state index in [1.165, 1.54) is 0 Å². The smallest absolute Gasteiger partial charge is 0.307 e. The summed E-state index contributed by atoms with van der Waals surface area (Å²) in [6.45, 7) is 2.02. The van der Waals surface area contributed by atoms with Crippen molar-refractivity contribution in [2.24, 2.45) is 0 Å². The van der Waals surface area contributed by atoms with Crippen LogP contribution in [0.3, 0.4) is 0 Å². The van der Waals surface area contributed by atoms with E-state index in [0.29, 0.717) is 0 Å². The molecule has 126 valence electrons. The molecular formula is C20H18N2O2S. The number of pyridine rings is 2. The van der Waals surface area contributed by atoms with Gasteiger partial charge in [0, 0.05) is 12.4 Å². The van der Waals surface area contributed by atoms with E-state index in [2.05, 4.69) is 27.6 Å². The van der Waals surface area contributed by atoms with E-state index in [4.69, 9.17) is 0 Å². The lowest BCUT2D eigenvalue weighted by atomic mass is 10.0. The number of carboxylic acids is 1. The first-order chi connectivity index (χ1) is 12.1. The summed E-state index contributed by atoms with van der Waals surface area (Å²) in [6.07, 6.45) is 9.11. The monoisotopic (exact) mass is 350 g/mol. The van der Waals surface area contributed by atoms with Crippen molar-refractivity contribution in [3.8, 4) is 0 Å². The third-order valence-corrected chi connectivity index (χ3v) is 5.99. The molecule has 4 rings (SSSR count). The fourth-order valence-corrected chi connectivity index (χ4v) is 4.75. The lowest BCUT2D eigenvalue weighted by Crippen LogP contribution is -2.04. The third-order valence-electron chi connectivity index (χ3n) is 4.57. The molecule has 1 atom stereocenters. The summed E-state index contributed by atoms with van der Waals surface area (Å²) in [4.78, 5) is 15.9. The number of allylic oxidation sites excluding steroid dienone is 1. The van der Waals surface area contributed by atoms with Crippen LogP contribution in [0.1, 0.15) is 34.1 Å². The van der Waals surface area contributed by atoms with Crippen molar-refractivity contribution in [1.82, 2.24) is 9.38 Å². The normalized spacial score (nSPS) is 16.1. The second kappa shape index (κ2) is 6.41. The van der Waals surface area contributed by atoms with Gasteiger partial charge in [-0.1, -0.05) is 36.0 Å². The molecule has 3 heterocycles. The zero-order chi connectivity index (χ0) is 17.4. The molecule has 1 aliphatic rings. The molecule has 3 aromatic rings. The molecule has 0 radical (unpaired) electrons. The Morgan fingerprint density at radius 2 is 2.24 bits per heavy atom. The van der Waals surface area contributed by atoms with E-state index in [1.807, 2.05) is 43.6 Å². The topological polar surface area (TPSA) is 54.6 Å². The minimum Gasteiger partial charge on any atom is -0.481 e. The van der Waals surface area contributed by atoms with Crippen LogP contribution in [0.15, 0.2) is 53.8 Å². The van der Waals surface area contributed by atoms with Crippen LogP contribution in [0.5, 0.6) is 0 Å². The van der Waals surface area contributed by atoms with Crippen molar-refractivity contribution < 1.29 is 9.90 Å². The van der Waals surface area contributed by atoms with Crippen LogP contribution in [0, 0.1) is 6.92 Å². The van der Waals surface area contributed by atoms with Gasteiger partial charge in [0.05, 0.1) is 27.9 Å². The summed E-state index contributed by atoms with van der Waals surface area (Å²) in [6, 6.07) is 9.97. The number of nitrogens with zero attached hydrogens (tertiary/aromatic N) is 2. The lowest BCUT2D eigenvalue weighted by Gasteiger charge is -2.20. The molecule has 0 amide bonds. The molecule has 5 heteroatoms. The van der Waals surface area contributed by atoms with Crippen molar-refractivity contribution >= 4 is 29.3 Å². The largest absolute Gasteiger partial charge is 0.481 e. The predicted octanol–water partition coefficient (Wildman–Crippen LogP) is 4.52. The summed E-state index contributed by atoms with van der Waals surface area (Å²) in [5.74, 6) is -0.802. The third kappa shape index (κ3) is 2.85. The first-order valence-electron chi connectivity index (χ1n) is 8.23. The predicted molar refractivity (Wildman–Crippen MR) is 100.0 cm³/mol. The Morgan fingerprint density at radius 1 is 1.36 bits per heavy atom. The number of aromatic nitrogens is 2. The van der Waals surface area contributed by atoms with Gasteiger partial charge in [0.25, 0.3) is 0 Å². The molecule has 0 spiro atoms. The van der Waals surface area contributed by atoms with E-state index >= 15 is 0 Å². The molecule has 0 saturated carbocycles. The highest BCUT2D eigenvalue weighted by molar-refractivity contribution is 7.99. The van der Waals surface area contributed by atoms with Crippen LogP contribution < -0.4 is 0 Å². The van der Waals surface area contributed by atoms with Crippen molar-refractivity contribution in [2.75, 3.05) is 0 Å². The van der Waals surface area contributed by atoms with Gasteiger partial charge in [0.15, 0.2) is 0 Å². The number of hydrogen-bond donors (Lipinski definition) is 1.